The van der Waals surface area contributed by atoms with E-state index in [4.69, 9.17) is 14.2 Å². The van der Waals surface area contributed by atoms with Crippen LogP contribution in [-0.2, 0) is 14.3 Å². The molecule has 2 aromatic rings. The number of nitro benzene ring substituents is 1. The Kier molecular flexibility index (Phi) is 5.81. The predicted molar refractivity (Wildman–Crippen MR) is 104 cm³/mol. The Morgan fingerprint density at radius 2 is 1.83 bits per heavy atom. The maximum atomic E-state index is 12.6. The summed E-state index contributed by atoms with van der Waals surface area (Å²) >= 11 is 0. The van der Waals surface area contributed by atoms with Crippen molar-refractivity contribution in [1.29, 1.82) is 0 Å². The maximum Gasteiger partial charge on any atom is 0.345 e. The number of nitrogens with zero attached hydrogens (tertiary/aromatic N) is 2. The Morgan fingerprint density at radius 3 is 2.50 bits per heavy atom. The van der Waals surface area contributed by atoms with E-state index < -0.39 is 40.6 Å². The molecule has 0 aromatic heterocycles. The first-order valence-corrected chi connectivity index (χ1v) is 8.62. The van der Waals surface area contributed by atoms with Gasteiger partial charge in [0, 0.05) is 6.07 Å². The van der Waals surface area contributed by atoms with Gasteiger partial charge in [-0.25, -0.2) is 4.79 Å². The fourth-order valence-electron chi connectivity index (χ4n) is 2.92. The zero-order chi connectivity index (χ0) is 21.8. The van der Waals surface area contributed by atoms with Gasteiger partial charge in [-0.3, -0.25) is 24.6 Å². The molecule has 0 spiro atoms. The van der Waals surface area contributed by atoms with Crippen molar-refractivity contribution in [2.75, 3.05) is 37.6 Å². The van der Waals surface area contributed by atoms with Crippen LogP contribution in [0.4, 0.5) is 17.1 Å². The van der Waals surface area contributed by atoms with Gasteiger partial charge in [0.1, 0.15) is 12.1 Å². The average molecular weight is 415 g/mol. The zero-order valence-electron chi connectivity index (χ0n) is 16.0. The Morgan fingerprint density at radius 1 is 1.17 bits per heavy atom. The lowest BCUT2D eigenvalue weighted by atomic mass is 10.1. The van der Waals surface area contributed by atoms with Crippen LogP contribution < -0.4 is 19.7 Å². The minimum absolute atomic E-state index is 0.0627. The minimum Gasteiger partial charge on any atom is -0.493 e. The molecule has 156 valence electrons. The number of methoxy groups -OCH3 is 2. The summed E-state index contributed by atoms with van der Waals surface area (Å²) in [6.07, 6.45) is 0. The second kappa shape index (κ2) is 8.47. The molecule has 1 heterocycles. The fourth-order valence-corrected chi connectivity index (χ4v) is 2.92. The summed E-state index contributed by atoms with van der Waals surface area (Å²) in [6, 6.07) is 8.79. The number of rotatable bonds is 6. The van der Waals surface area contributed by atoms with Crippen molar-refractivity contribution < 1.29 is 33.5 Å². The van der Waals surface area contributed by atoms with Crippen LogP contribution in [0.1, 0.15) is 10.4 Å². The number of fused-ring (bicyclic) bond motifs is 1. The first-order chi connectivity index (χ1) is 14.3. The molecule has 1 aliphatic rings. The third-order valence-electron chi connectivity index (χ3n) is 4.32. The van der Waals surface area contributed by atoms with E-state index in [0.29, 0.717) is 11.4 Å². The maximum absolute atomic E-state index is 12.6. The number of hydrogen-bond acceptors (Lipinski definition) is 8. The molecule has 0 fully saturated rings. The molecule has 1 N–H and O–H groups in total. The topological polar surface area (TPSA) is 137 Å². The fraction of sp³-hybridized carbons (Fsp3) is 0.211. The van der Waals surface area contributed by atoms with E-state index in [1.54, 1.807) is 24.3 Å². The van der Waals surface area contributed by atoms with Crippen LogP contribution in [0.5, 0.6) is 11.5 Å². The van der Waals surface area contributed by atoms with Gasteiger partial charge >= 0.3 is 5.97 Å². The molecule has 0 saturated carbocycles. The summed E-state index contributed by atoms with van der Waals surface area (Å²) in [5.41, 5.74) is -0.0609. The molecular weight excluding hydrogens is 398 g/mol. The minimum atomic E-state index is -1.09. The lowest BCUT2D eigenvalue weighted by molar-refractivity contribution is -0.385. The van der Waals surface area contributed by atoms with E-state index in [1.807, 2.05) is 0 Å². The van der Waals surface area contributed by atoms with E-state index >= 15 is 0 Å². The smallest absolute Gasteiger partial charge is 0.345 e. The van der Waals surface area contributed by atoms with Crippen LogP contribution in [0.3, 0.4) is 0 Å². The van der Waals surface area contributed by atoms with Crippen LogP contribution in [0.25, 0.3) is 0 Å². The number of carbonyl (C=O) groups is 3. The molecule has 2 amide bonds. The highest BCUT2D eigenvalue weighted by Crippen LogP contribution is 2.35. The highest BCUT2D eigenvalue weighted by Gasteiger charge is 2.29. The van der Waals surface area contributed by atoms with E-state index in [0.717, 1.165) is 12.1 Å². The van der Waals surface area contributed by atoms with Crippen LogP contribution in [0.2, 0.25) is 0 Å². The summed E-state index contributed by atoms with van der Waals surface area (Å²) in [4.78, 5) is 48.6. The number of nitrogens with one attached hydrogen (secondary N) is 1. The van der Waals surface area contributed by atoms with E-state index in [9.17, 15) is 24.5 Å². The van der Waals surface area contributed by atoms with Gasteiger partial charge in [-0.15, -0.1) is 0 Å². The van der Waals surface area contributed by atoms with Crippen molar-refractivity contribution in [2.45, 2.75) is 0 Å². The van der Waals surface area contributed by atoms with Gasteiger partial charge in [0.05, 0.1) is 36.6 Å². The van der Waals surface area contributed by atoms with Crippen molar-refractivity contribution in [3.05, 3.63) is 52.1 Å². The molecule has 11 heteroatoms. The van der Waals surface area contributed by atoms with Gasteiger partial charge in [-0.2, -0.15) is 0 Å². The third-order valence-corrected chi connectivity index (χ3v) is 4.32. The number of benzene rings is 2. The highest BCUT2D eigenvalue weighted by molar-refractivity contribution is 6.10. The third kappa shape index (κ3) is 3.99. The number of ether oxygens (including phenoxy) is 3. The predicted octanol–water partition coefficient (Wildman–Crippen LogP) is 1.75. The second-order valence-electron chi connectivity index (χ2n) is 6.10. The SMILES string of the molecule is COc1cc(C(=O)OCC(=O)N2CC(=O)Nc3ccccc32)c([N+](=O)[O-])cc1OC. The first-order valence-electron chi connectivity index (χ1n) is 8.62. The molecule has 0 atom stereocenters. The largest absolute Gasteiger partial charge is 0.493 e. The lowest BCUT2D eigenvalue weighted by Crippen LogP contribution is -2.44. The van der Waals surface area contributed by atoms with Crippen molar-refractivity contribution in [1.82, 2.24) is 0 Å². The van der Waals surface area contributed by atoms with Gasteiger partial charge in [-0.1, -0.05) is 12.1 Å². The molecule has 2 aromatic carbocycles. The number of esters is 1. The number of anilines is 2. The second-order valence-corrected chi connectivity index (χ2v) is 6.10. The Hall–Kier alpha value is -4.15. The van der Waals surface area contributed by atoms with Gasteiger partial charge in [0.25, 0.3) is 11.6 Å². The van der Waals surface area contributed by atoms with E-state index in [1.165, 1.54) is 19.1 Å². The van der Waals surface area contributed by atoms with Crippen molar-refractivity contribution in [3.63, 3.8) is 0 Å². The molecule has 0 saturated heterocycles. The summed E-state index contributed by atoms with van der Waals surface area (Å²) in [5.74, 6) is -2.00. The molecule has 11 nitrogen and oxygen atoms in total. The molecule has 0 aliphatic carbocycles. The standard InChI is InChI=1S/C19H17N3O8/c1-28-15-7-11(14(22(26)27)8-16(15)29-2)19(25)30-10-18(24)21-9-17(23)20-12-5-3-4-6-13(12)21/h3-8H,9-10H2,1-2H3,(H,20,23). The average Bonchev–Trinajstić information content (AvgIpc) is 2.75. The monoisotopic (exact) mass is 415 g/mol. The summed E-state index contributed by atoms with van der Waals surface area (Å²) in [5, 5.41) is 14.0. The Bertz CT molecular complexity index is 1040. The summed E-state index contributed by atoms with van der Waals surface area (Å²) in [7, 11) is 2.60. The summed E-state index contributed by atoms with van der Waals surface area (Å²) in [6.45, 7) is -0.962. The van der Waals surface area contributed by atoms with Crippen molar-refractivity contribution in [3.8, 4) is 11.5 Å². The van der Waals surface area contributed by atoms with Crippen molar-refractivity contribution >= 4 is 34.8 Å². The van der Waals surface area contributed by atoms with Crippen LogP contribution >= 0.6 is 0 Å². The molecule has 3 rings (SSSR count). The Balaban J connectivity index is 1.80. The highest BCUT2D eigenvalue weighted by atomic mass is 16.6. The van der Waals surface area contributed by atoms with Crippen LogP contribution in [-0.4, -0.2) is 50.1 Å². The Labute approximate surface area is 170 Å². The van der Waals surface area contributed by atoms with Crippen molar-refractivity contribution in [2.24, 2.45) is 0 Å². The van der Waals surface area contributed by atoms with E-state index in [-0.39, 0.29) is 18.0 Å². The molecule has 0 bridgehead atoms. The normalized spacial score (nSPS) is 12.5. The van der Waals surface area contributed by atoms with Gasteiger partial charge in [0.2, 0.25) is 5.91 Å². The van der Waals surface area contributed by atoms with Crippen LogP contribution in [0, 0.1) is 10.1 Å². The van der Waals surface area contributed by atoms with Gasteiger partial charge < -0.3 is 19.5 Å². The quantitative estimate of drug-likeness (QED) is 0.428. The first kappa shape index (κ1) is 20.6. The lowest BCUT2D eigenvalue weighted by Gasteiger charge is -2.28. The molecule has 0 radical (unpaired) electrons. The molecule has 30 heavy (non-hydrogen) atoms. The van der Waals surface area contributed by atoms with Gasteiger partial charge in [0.15, 0.2) is 18.1 Å². The summed E-state index contributed by atoms with van der Waals surface area (Å²) < 4.78 is 15.1. The molecular formula is C19H17N3O8. The molecule has 1 aliphatic heterocycles. The number of hydrogen-bond donors (Lipinski definition) is 1. The number of para-hydroxylation sites is 2. The molecule has 0 unspecified atom stereocenters. The number of carbonyl (C=O) groups excluding carboxylic acids is 3. The zero-order valence-corrected chi connectivity index (χ0v) is 16.0. The van der Waals surface area contributed by atoms with Crippen LogP contribution in [0.15, 0.2) is 36.4 Å². The van der Waals surface area contributed by atoms with E-state index in [2.05, 4.69) is 5.32 Å². The van der Waals surface area contributed by atoms with Gasteiger partial charge in [-0.05, 0) is 12.1 Å². The number of amides is 2. The number of nitro groups is 1.